The Hall–Kier alpha value is -3.09. The van der Waals surface area contributed by atoms with Crippen molar-refractivity contribution in [3.8, 4) is 11.3 Å². The quantitative estimate of drug-likeness (QED) is 0.520. The topological polar surface area (TPSA) is 63.4 Å². The third-order valence-electron chi connectivity index (χ3n) is 6.65. The molecule has 1 saturated heterocycles. The highest BCUT2D eigenvalue weighted by Gasteiger charge is 2.24. The second kappa shape index (κ2) is 9.75. The Labute approximate surface area is 214 Å². The Kier molecular flexibility index (Phi) is 7.04. The number of benzene rings is 1. The second-order valence-corrected chi connectivity index (χ2v) is 12.5. The summed E-state index contributed by atoms with van der Waals surface area (Å²) < 4.78 is 3.47. The minimum absolute atomic E-state index is 0.00270. The molecule has 1 aliphatic rings. The fraction of sp³-hybridized carbons (Fsp3) is 0.552. The van der Waals surface area contributed by atoms with E-state index in [1.165, 1.54) is 0 Å². The molecule has 194 valence electrons. The fourth-order valence-corrected chi connectivity index (χ4v) is 4.91. The summed E-state index contributed by atoms with van der Waals surface area (Å²) in [6, 6.07) is 12.5. The first-order chi connectivity index (χ1) is 16.8. The van der Waals surface area contributed by atoms with Crippen LogP contribution in [-0.4, -0.2) is 51.1 Å². The normalized spacial score (nSPS) is 15.4. The zero-order valence-electron chi connectivity index (χ0n) is 23.0. The van der Waals surface area contributed by atoms with E-state index >= 15 is 0 Å². The molecule has 0 spiro atoms. The smallest absolute Gasteiger partial charge is 0.330 e. The summed E-state index contributed by atoms with van der Waals surface area (Å²) in [5.74, 6) is 0.250. The average Bonchev–Trinajstić information content (AvgIpc) is 2.97. The summed E-state index contributed by atoms with van der Waals surface area (Å²) in [4.78, 5) is 35.0. The highest BCUT2D eigenvalue weighted by Crippen LogP contribution is 2.27. The van der Waals surface area contributed by atoms with Crippen molar-refractivity contribution < 1.29 is 4.79 Å². The van der Waals surface area contributed by atoms with Crippen molar-refractivity contribution >= 4 is 22.8 Å². The van der Waals surface area contributed by atoms with Crippen LogP contribution in [0.5, 0.6) is 0 Å². The van der Waals surface area contributed by atoms with Crippen molar-refractivity contribution in [2.24, 2.45) is 17.9 Å². The predicted molar refractivity (Wildman–Crippen MR) is 147 cm³/mol. The summed E-state index contributed by atoms with van der Waals surface area (Å²) in [6.45, 7) is 16.7. The molecule has 0 bridgehead atoms. The van der Waals surface area contributed by atoms with E-state index in [-0.39, 0.29) is 22.4 Å². The van der Waals surface area contributed by atoms with Gasteiger partial charge in [-0.1, -0.05) is 53.7 Å². The fourth-order valence-electron chi connectivity index (χ4n) is 4.91. The van der Waals surface area contributed by atoms with Gasteiger partial charge in [0.05, 0.1) is 11.2 Å². The van der Waals surface area contributed by atoms with Crippen molar-refractivity contribution in [1.82, 2.24) is 19.0 Å². The molecule has 1 amide bonds. The lowest BCUT2D eigenvalue weighted by Crippen LogP contribution is -2.36. The second-order valence-electron chi connectivity index (χ2n) is 12.5. The number of fused-ring (bicyclic) bond motifs is 1. The van der Waals surface area contributed by atoms with E-state index in [2.05, 4.69) is 70.7 Å². The standard InChI is InChI=1S/C29H41N5O2/c1-28(2,3)19-25(35)33-15-9-14-32(16-17-33)22-11-8-10-21(18-22)23-12-13-24-26(30-23)31(7)27(36)34(24)20-29(4,5)6/h8,10-13,18H,9,14-17,19-20H2,1-7H3. The van der Waals surface area contributed by atoms with E-state index in [1.807, 2.05) is 21.6 Å². The minimum atomic E-state index is -0.0338. The lowest BCUT2D eigenvalue weighted by Gasteiger charge is -2.26. The van der Waals surface area contributed by atoms with Crippen molar-refractivity contribution in [1.29, 1.82) is 0 Å². The van der Waals surface area contributed by atoms with Gasteiger partial charge in [0.25, 0.3) is 0 Å². The number of amides is 1. The van der Waals surface area contributed by atoms with Crippen LogP contribution < -0.4 is 10.6 Å². The van der Waals surface area contributed by atoms with Crippen LogP contribution in [0.1, 0.15) is 54.4 Å². The van der Waals surface area contributed by atoms with Gasteiger partial charge in [0.1, 0.15) is 0 Å². The molecule has 36 heavy (non-hydrogen) atoms. The molecule has 1 aliphatic heterocycles. The van der Waals surface area contributed by atoms with Gasteiger partial charge in [-0.2, -0.15) is 0 Å². The Morgan fingerprint density at radius 1 is 0.944 bits per heavy atom. The van der Waals surface area contributed by atoms with Crippen LogP contribution in [-0.2, 0) is 18.4 Å². The Balaban J connectivity index is 1.57. The van der Waals surface area contributed by atoms with Crippen LogP contribution in [0.15, 0.2) is 41.2 Å². The highest BCUT2D eigenvalue weighted by atomic mass is 16.2. The van der Waals surface area contributed by atoms with E-state index in [4.69, 9.17) is 4.98 Å². The molecule has 0 saturated carbocycles. The monoisotopic (exact) mass is 491 g/mol. The predicted octanol–water partition coefficient (Wildman–Crippen LogP) is 4.92. The van der Waals surface area contributed by atoms with E-state index < -0.39 is 0 Å². The Morgan fingerprint density at radius 2 is 1.69 bits per heavy atom. The Morgan fingerprint density at radius 3 is 2.39 bits per heavy atom. The molecule has 0 atom stereocenters. The lowest BCUT2D eigenvalue weighted by molar-refractivity contribution is -0.132. The summed E-state index contributed by atoms with van der Waals surface area (Å²) >= 11 is 0. The van der Waals surface area contributed by atoms with Gasteiger partial charge in [0.15, 0.2) is 5.65 Å². The van der Waals surface area contributed by atoms with Crippen LogP contribution in [0.3, 0.4) is 0 Å². The van der Waals surface area contributed by atoms with Crippen molar-refractivity contribution in [3.63, 3.8) is 0 Å². The number of carbonyl (C=O) groups is 1. The van der Waals surface area contributed by atoms with Crippen molar-refractivity contribution in [3.05, 3.63) is 46.9 Å². The molecule has 0 unspecified atom stereocenters. The minimum Gasteiger partial charge on any atom is -0.370 e. The molecule has 3 heterocycles. The molecule has 1 aromatic carbocycles. The van der Waals surface area contributed by atoms with Crippen LogP contribution in [0.25, 0.3) is 22.4 Å². The molecule has 4 rings (SSSR count). The number of rotatable bonds is 4. The highest BCUT2D eigenvalue weighted by molar-refractivity contribution is 5.78. The van der Waals surface area contributed by atoms with Gasteiger partial charge in [-0.3, -0.25) is 13.9 Å². The molecule has 2 aromatic heterocycles. The molecule has 0 radical (unpaired) electrons. The molecule has 0 N–H and O–H groups in total. The largest absolute Gasteiger partial charge is 0.370 e. The summed E-state index contributed by atoms with van der Waals surface area (Å²) in [5, 5.41) is 0. The molecular weight excluding hydrogens is 450 g/mol. The lowest BCUT2D eigenvalue weighted by atomic mass is 9.91. The average molecular weight is 492 g/mol. The van der Waals surface area contributed by atoms with E-state index in [0.29, 0.717) is 18.6 Å². The maximum atomic E-state index is 12.9. The molecular formula is C29H41N5O2. The van der Waals surface area contributed by atoms with Gasteiger partial charge in [0.2, 0.25) is 5.91 Å². The number of aryl methyl sites for hydroxylation is 1. The number of aromatic nitrogens is 3. The van der Waals surface area contributed by atoms with Gasteiger partial charge in [0, 0.05) is 57.4 Å². The SMILES string of the molecule is Cn1c(=O)n(CC(C)(C)C)c2ccc(-c3cccc(N4CCCN(C(=O)CC(C)(C)C)CC4)c3)nc21. The van der Waals surface area contributed by atoms with Crippen molar-refractivity contribution in [2.75, 3.05) is 31.1 Å². The third-order valence-corrected chi connectivity index (χ3v) is 6.65. The molecule has 7 heteroatoms. The van der Waals surface area contributed by atoms with E-state index in [1.54, 1.807) is 11.6 Å². The van der Waals surface area contributed by atoms with Crippen LogP contribution in [0, 0.1) is 10.8 Å². The summed E-state index contributed by atoms with van der Waals surface area (Å²) in [7, 11) is 1.79. The van der Waals surface area contributed by atoms with Gasteiger partial charge >= 0.3 is 5.69 Å². The molecule has 1 fully saturated rings. The first-order valence-corrected chi connectivity index (χ1v) is 13.0. The Bertz CT molecular complexity index is 1310. The maximum Gasteiger partial charge on any atom is 0.330 e. The number of nitrogens with zero attached hydrogens (tertiary/aromatic N) is 5. The zero-order valence-corrected chi connectivity index (χ0v) is 23.0. The van der Waals surface area contributed by atoms with Crippen molar-refractivity contribution in [2.45, 2.75) is 60.9 Å². The first kappa shape index (κ1) is 26.0. The molecule has 3 aromatic rings. The van der Waals surface area contributed by atoms with Gasteiger partial charge in [-0.15, -0.1) is 0 Å². The number of carbonyl (C=O) groups excluding carboxylic acids is 1. The summed E-state index contributed by atoms with van der Waals surface area (Å²) in [5.41, 5.74) is 4.54. The molecule has 7 nitrogen and oxygen atoms in total. The van der Waals surface area contributed by atoms with E-state index in [0.717, 1.165) is 55.1 Å². The van der Waals surface area contributed by atoms with Crippen LogP contribution in [0.4, 0.5) is 5.69 Å². The number of pyridine rings is 1. The number of imidazole rings is 1. The third kappa shape index (κ3) is 5.82. The summed E-state index contributed by atoms with van der Waals surface area (Å²) in [6.07, 6.45) is 1.53. The van der Waals surface area contributed by atoms with Gasteiger partial charge in [-0.05, 0) is 41.5 Å². The number of anilines is 1. The number of hydrogen-bond donors (Lipinski definition) is 0. The number of hydrogen-bond acceptors (Lipinski definition) is 4. The van der Waals surface area contributed by atoms with E-state index in [9.17, 15) is 9.59 Å². The van der Waals surface area contributed by atoms with Gasteiger partial charge < -0.3 is 9.80 Å². The van der Waals surface area contributed by atoms with Crippen LogP contribution in [0.2, 0.25) is 0 Å². The first-order valence-electron chi connectivity index (χ1n) is 13.0. The maximum absolute atomic E-state index is 12.9. The van der Waals surface area contributed by atoms with Gasteiger partial charge in [-0.25, -0.2) is 9.78 Å². The van der Waals surface area contributed by atoms with Crippen LogP contribution >= 0.6 is 0 Å². The molecule has 0 aliphatic carbocycles. The zero-order chi connectivity index (χ0) is 26.3.